The van der Waals surface area contributed by atoms with Crippen LogP contribution in [-0.4, -0.2) is 11.9 Å². The first kappa shape index (κ1) is 9.61. The Morgan fingerprint density at radius 3 is 2.20 bits per heavy atom. The van der Waals surface area contributed by atoms with Gasteiger partial charge in [-0.25, -0.2) is 0 Å². The fourth-order valence-corrected chi connectivity index (χ4v) is 0.463. The van der Waals surface area contributed by atoms with Gasteiger partial charge >= 0.3 is 0 Å². The number of nitrogens with zero attached hydrogens (tertiary/aromatic N) is 2. The van der Waals surface area contributed by atoms with Gasteiger partial charge in [-0.3, -0.25) is 10.2 Å². The van der Waals surface area contributed by atoms with Gasteiger partial charge in [-0.1, -0.05) is 0 Å². The number of hydrogen-bond acceptors (Lipinski definition) is 2. The fourth-order valence-electron chi connectivity index (χ4n) is 0.203. The van der Waals surface area contributed by atoms with Crippen LogP contribution in [0.3, 0.4) is 0 Å². The first-order valence-corrected chi connectivity index (χ1v) is 3.07. The van der Waals surface area contributed by atoms with Crippen LogP contribution in [0, 0.1) is 0 Å². The number of hydrogen-bond donors (Lipinski definition) is 3. The van der Waals surface area contributed by atoms with Gasteiger partial charge in [0.15, 0.2) is 0 Å². The molecule has 0 radical (unpaired) electrons. The molecule has 0 fully saturated rings. The van der Waals surface area contributed by atoms with Crippen LogP contribution < -0.4 is 15.9 Å². The lowest BCUT2D eigenvalue weighted by atomic mass is 10.9. The van der Waals surface area contributed by atoms with Crippen molar-refractivity contribution in [3.8, 4) is 0 Å². The number of nitrogens with one attached hydrogen (secondary N) is 2. The number of rotatable bonds is 0. The summed E-state index contributed by atoms with van der Waals surface area (Å²) in [6, 6.07) is 0. The van der Waals surface area contributed by atoms with Crippen LogP contribution in [0.25, 0.3) is 0 Å². The summed E-state index contributed by atoms with van der Waals surface area (Å²) in [5.41, 5.74) is 5.09. The summed E-state index contributed by atoms with van der Waals surface area (Å²) in [5.74, 6) is -0.0144. The van der Waals surface area contributed by atoms with Crippen LogP contribution >= 0.6 is 35.3 Å². The molecule has 58 valence electrons. The third-order valence-electron chi connectivity index (χ3n) is 0.512. The van der Waals surface area contributed by atoms with E-state index in [0.717, 1.165) is 0 Å². The van der Waals surface area contributed by atoms with Crippen LogP contribution in [0.4, 0.5) is 0 Å². The quantitative estimate of drug-likeness (QED) is 0.302. The molecule has 0 unspecified atom stereocenters. The van der Waals surface area contributed by atoms with Gasteiger partial charge in [0.1, 0.15) is 0 Å². The van der Waals surface area contributed by atoms with Crippen molar-refractivity contribution in [3.63, 3.8) is 0 Å². The van der Waals surface area contributed by atoms with Crippen molar-refractivity contribution in [1.82, 2.24) is 10.2 Å². The summed E-state index contributed by atoms with van der Waals surface area (Å²) < 4.78 is 6.15. The van der Waals surface area contributed by atoms with Crippen LogP contribution in [0.5, 0.6) is 0 Å². The second-order valence-electron chi connectivity index (χ2n) is 1.12. The van der Waals surface area contributed by atoms with Crippen LogP contribution in [0.1, 0.15) is 0 Å². The zero-order chi connectivity index (χ0) is 7.98. The van der Waals surface area contributed by atoms with Gasteiger partial charge < -0.3 is 5.73 Å². The van der Waals surface area contributed by atoms with Crippen LogP contribution in [0.15, 0.2) is 9.02 Å². The third kappa shape index (κ3) is 3.60. The van der Waals surface area contributed by atoms with Crippen LogP contribution in [0.2, 0.25) is 0 Å². The molecular formula is C2H4Cl3N5. The van der Waals surface area contributed by atoms with Crippen molar-refractivity contribution in [2.45, 2.75) is 0 Å². The fraction of sp³-hybridized carbons (Fsp3) is 0. The second-order valence-corrected chi connectivity index (χ2v) is 1.65. The van der Waals surface area contributed by atoms with Gasteiger partial charge in [-0.2, -0.15) is 0 Å². The van der Waals surface area contributed by atoms with E-state index in [1.165, 1.54) is 0 Å². The molecule has 0 saturated carbocycles. The van der Waals surface area contributed by atoms with Gasteiger partial charge in [0, 0.05) is 35.3 Å². The van der Waals surface area contributed by atoms with Crippen molar-refractivity contribution >= 4 is 47.2 Å². The molecule has 10 heavy (non-hydrogen) atoms. The Morgan fingerprint density at radius 1 is 1.30 bits per heavy atom. The Morgan fingerprint density at radius 2 is 1.90 bits per heavy atom. The normalized spacial score (nSPS) is 13.1. The minimum Gasteiger partial charge on any atom is -0.369 e. The minimum atomic E-state index is -0.0609. The van der Waals surface area contributed by atoms with Gasteiger partial charge in [-0.15, -0.1) is 9.02 Å². The third-order valence-corrected chi connectivity index (χ3v) is 1.04. The van der Waals surface area contributed by atoms with Gasteiger partial charge in [0.2, 0.25) is 11.9 Å². The van der Waals surface area contributed by atoms with E-state index in [4.69, 9.17) is 41.1 Å². The first-order valence-electron chi connectivity index (χ1n) is 2.01. The summed E-state index contributed by atoms with van der Waals surface area (Å²) in [5, 5.41) is 2.34. The molecule has 0 aromatic heterocycles. The van der Waals surface area contributed by atoms with E-state index in [9.17, 15) is 0 Å². The van der Waals surface area contributed by atoms with Crippen molar-refractivity contribution in [2.24, 2.45) is 14.8 Å². The lowest BCUT2D eigenvalue weighted by molar-refractivity contribution is 1.22. The molecule has 0 saturated heterocycles. The molecule has 5 nitrogen and oxygen atoms in total. The van der Waals surface area contributed by atoms with Crippen LogP contribution in [-0.2, 0) is 0 Å². The maximum absolute atomic E-state index is 5.09. The van der Waals surface area contributed by atoms with E-state index in [1.54, 1.807) is 0 Å². The molecular weight excluding hydrogens is 200 g/mol. The van der Waals surface area contributed by atoms with Gasteiger partial charge in [0.05, 0.1) is 0 Å². The maximum atomic E-state index is 5.09. The molecule has 0 atom stereocenters. The molecule has 0 bridgehead atoms. The predicted octanol–water partition coefficient (Wildman–Crippen LogP) is 0.298. The van der Waals surface area contributed by atoms with Crippen molar-refractivity contribution < 1.29 is 0 Å². The molecule has 4 N–H and O–H groups in total. The topological polar surface area (TPSA) is 74.8 Å². The van der Waals surface area contributed by atoms with Crippen molar-refractivity contribution in [2.75, 3.05) is 0 Å². The van der Waals surface area contributed by atoms with E-state index < -0.39 is 0 Å². The molecule has 0 aromatic carbocycles. The van der Waals surface area contributed by atoms with Crippen molar-refractivity contribution in [1.29, 1.82) is 0 Å². The zero-order valence-corrected chi connectivity index (χ0v) is 6.87. The Hall–Kier alpha value is -0.390. The highest BCUT2D eigenvalue weighted by atomic mass is 35.5. The van der Waals surface area contributed by atoms with Crippen molar-refractivity contribution in [3.05, 3.63) is 0 Å². The lowest BCUT2D eigenvalue weighted by Crippen LogP contribution is -2.40. The smallest absolute Gasteiger partial charge is 0.230 e. The van der Waals surface area contributed by atoms with E-state index in [1.807, 2.05) is 0 Å². The number of halogens is 3. The molecule has 0 spiro atoms. The monoisotopic (exact) mass is 203 g/mol. The zero-order valence-electron chi connectivity index (χ0n) is 4.61. The summed E-state index contributed by atoms with van der Waals surface area (Å²) in [6.07, 6.45) is 0. The summed E-state index contributed by atoms with van der Waals surface area (Å²) in [4.78, 5) is 2.08. The van der Waals surface area contributed by atoms with E-state index in [-0.39, 0.29) is 11.9 Å². The minimum absolute atomic E-state index is 0.0465. The molecule has 0 aromatic rings. The Labute approximate surface area is 72.6 Å². The molecule has 0 aliphatic rings. The maximum Gasteiger partial charge on any atom is 0.230 e. The molecule has 0 rings (SSSR count). The highest BCUT2D eigenvalue weighted by Gasteiger charge is 1.95. The largest absolute Gasteiger partial charge is 0.369 e. The van der Waals surface area contributed by atoms with E-state index in [2.05, 4.69) is 19.2 Å². The average Bonchev–Trinajstić information content (AvgIpc) is 1.99. The standard InChI is InChI=1S/C2H4Cl3N5/c3-8-1(6)7-2(9-4)10-5/h(H4,6,7,8,9,10). The number of nitrogens with two attached hydrogens (primary N) is 1. The Balaban J connectivity index is 3.88. The average molecular weight is 204 g/mol. The highest BCUT2D eigenvalue weighted by Crippen LogP contribution is 1.79. The molecule has 0 amide bonds. The molecule has 8 heteroatoms. The number of guanidine groups is 2. The van der Waals surface area contributed by atoms with E-state index >= 15 is 0 Å². The molecule has 0 aliphatic carbocycles. The first-order chi connectivity index (χ1) is 4.74. The van der Waals surface area contributed by atoms with Gasteiger partial charge in [0.25, 0.3) is 0 Å². The second kappa shape index (κ2) is 5.40. The predicted molar refractivity (Wildman–Crippen MR) is 42.9 cm³/mol. The summed E-state index contributed by atoms with van der Waals surface area (Å²) in [6.45, 7) is 0. The molecule has 0 heterocycles. The van der Waals surface area contributed by atoms with E-state index in [0.29, 0.717) is 0 Å². The summed E-state index contributed by atoms with van der Waals surface area (Å²) in [7, 11) is 0. The van der Waals surface area contributed by atoms with Gasteiger partial charge in [-0.05, 0) is 0 Å². The highest BCUT2D eigenvalue weighted by molar-refractivity contribution is 6.29. The summed E-state index contributed by atoms with van der Waals surface area (Å²) >= 11 is 15.0. The SMILES string of the molecule is N/C(=N\Cl)N/C(=N\Cl)NCl. The lowest BCUT2D eigenvalue weighted by Gasteiger charge is -2.01. The Bertz CT molecular complexity index is 153. The molecule has 0 aliphatic heterocycles. The Kier molecular flexibility index (Phi) is 5.19.